The number of hydrogen-bond acceptors (Lipinski definition) is 3. The van der Waals surface area contributed by atoms with Crippen LogP contribution in [0.4, 0.5) is 5.69 Å². The number of benzene rings is 2. The van der Waals surface area contributed by atoms with E-state index in [-0.39, 0.29) is 5.91 Å². The smallest absolute Gasteiger partial charge is 0.275 e. The van der Waals surface area contributed by atoms with Crippen LogP contribution in [0.25, 0.3) is 0 Å². The molecule has 2 aromatic rings. The molecule has 2 N–H and O–H groups in total. The average molecular weight is 377 g/mol. The molecule has 0 bridgehead atoms. The second-order valence-corrected chi connectivity index (χ2v) is 6.96. The number of carbonyl (C=O) groups excluding carboxylic acids is 1. The number of halogens is 1. The molecule has 1 unspecified atom stereocenters. The van der Waals surface area contributed by atoms with Crippen molar-refractivity contribution in [3.05, 3.63) is 59.1 Å². The number of carbonyl (C=O) groups is 1. The fraction of sp³-hybridized carbons (Fsp3) is 0.350. The third kappa shape index (κ3) is 6.94. The van der Waals surface area contributed by atoms with Gasteiger partial charge >= 0.3 is 0 Å². The molecule has 2 aromatic carbocycles. The summed E-state index contributed by atoms with van der Waals surface area (Å²) in [7, 11) is 5.99. The maximum absolute atomic E-state index is 12.1. The Labute approximate surface area is 160 Å². The minimum absolute atomic E-state index is 0.0330. The van der Waals surface area contributed by atoms with Gasteiger partial charge in [-0.2, -0.15) is 0 Å². The van der Waals surface area contributed by atoms with Crippen LogP contribution in [-0.4, -0.2) is 46.7 Å². The SMILES string of the molecule is CN(C)c1ccc(CNC(=O)C[NH+](C)CCOc2ccc(Cl)cc2)cc1. The number of hydrogen-bond donors (Lipinski definition) is 2. The highest BCUT2D eigenvalue weighted by molar-refractivity contribution is 6.30. The van der Waals surface area contributed by atoms with Crippen LogP contribution in [0.15, 0.2) is 48.5 Å². The Hall–Kier alpha value is -2.24. The molecule has 0 heterocycles. The fourth-order valence-corrected chi connectivity index (χ4v) is 2.54. The van der Waals surface area contributed by atoms with Gasteiger partial charge in [0.05, 0.1) is 7.05 Å². The Bertz CT molecular complexity index is 687. The lowest BCUT2D eigenvalue weighted by Gasteiger charge is -2.15. The zero-order valence-corrected chi connectivity index (χ0v) is 16.3. The number of quaternary nitrogens is 1. The summed E-state index contributed by atoms with van der Waals surface area (Å²) in [6.07, 6.45) is 0. The lowest BCUT2D eigenvalue weighted by atomic mass is 10.2. The van der Waals surface area contributed by atoms with Crippen LogP contribution >= 0.6 is 11.6 Å². The van der Waals surface area contributed by atoms with Crippen LogP contribution in [0.3, 0.4) is 0 Å². The number of nitrogens with zero attached hydrogens (tertiary/aromatic N) is 1. The third-order valence-electron chi connectivity index (χ3n) is 4.02. The Morgan fingerprint density at radius 3 is 2.38 bits per heavy atom. The molecule has 0 aliphatic carbocycles. The van der Waals surface area contributed by atoms with Gasteiger partial charge in [-0.15, -0.1) is 0 Å². The van der Waals surface area contributed by atoms with Crippen molar-refractivity contribution < 1.29 is 14.4 Å². The van der Waals surface area contributed by atoms with Crippen LogP contribution in [0.1, 0.15) is 5.56 Å². The minimum Gasteiger partial charge on any atom is -0.488 e. The van der Waals surface area contributed by atoms with E-state index >= 15 is 0 Å². The molecular weight excluding hydrogens is 350 g/mol. The molecule has 0 saturated heterocycles. The molecule has 140 valence electrons. The third-order valence-corrected chi connectivity index (χ3v) is 4.27. The number of anilines is 1. The van der Waals surface area contributed by atoms with Crippen molar-refractivity contribution in [1.29, 1.82) is 0 Å². The topological polar surface area (TPSA) is 46.0 Å². The van der Waals surface area contributed by atoms with Crippen molar-refractivity contribution >= 4 is 23.2 Å². The van der Waals surface area contributed by atoms with Gasteiger partial charge < -0.3 is 19.9 Å². The van der Waals surface area contributed by atoms with Crippen molar-refractivity contribution in [1.82, 2.24) is 5.32 Å². The van der Waals surface area contributed by atoms with E-state index in [4.69, 9.17) is 16.3 Å². The summed E-state index contributed by atoms with van der Waals surface area (Å²) in [5, 5.41) is 3.65. The normalized spacial score (nSPS) is 11.7. The summed E-state index contributed by atoms with van der Waals surface area (Å²) in [4.78, 5) is 15.2. The number of amides is 1. The van der Waals surface area contributed by atoms with E-state index < -0.39 is 0 Å². The maximum atomic E-state index is 12.1. The molecule has 1 atom stereocenters. The highest BCUT2D eigenvalue weighted by atomic mass is 35.5. The predicted octanol–water partition coefficient (Wildman–Crippen LogP) is 1.62. The Balaban J connectivity index is 1.65. The van der Waals surface area contributed by atoms with E-state index in [0.717, 1.165) is 28.4 Å². The zero-order chi connectivity index (χ0) is 18.9. The monoisotopic (exact) mass is 376 g/mol. The van der Waals surface area contributed by atoms with Gasteiger partial charge in [-0.3, -0.25) is 4.79 Å². The van der Waals surface area contributed by atoms with Gasteiger partial charge in [0.15, 0.2) is 6.54 Å². The van der Waals surface area contributed by atoms with Gasteiger partial charge in [0.1, 0.15) is 18.9 Å². The zero-order valence-electron chi connectivity index (χ0n) is 15.6. The summed E-state index contributed by atoms with van der Waals surface area (Å²) in [6.45, 7) is 2.25. The first-order chi connectivity index (χ1) is 12.4. The van der Waals surface area contributed by atoms with E-state index in [1.54, 1.807) is 12.1 Å². The predicted molar refractivity (Wildman–Crippen MR) is 106 cm³/mol. The van der Waals surface area contributed by atoms with Gasteiger partial charge in [0.2, 0.25) is 0 Å². The molecule has 0 fully saturated rings. The average Bonchev–Trinajstić information content (AvgIpc) is 2.62. The van der Waals surface area contributed by atoms with Crippen LogP contribution in [0, 0.1) is 0 Å². The molecule has 6 heteroatoms. The van der Waals surface area contributed by atoms with Crippen molar-refractivity contribution in [2.24, 2.45) is 0 Å². The Kier molecular flexibility index (Phi) is 7.75. The molecule has 0 spiro atoms. The van der Waals surface area contributed by atoms with Gasteiger partial charge in [-0.1, -0.05) is 23.7 Å². The molecule has 5 nitrogen and oxygen atoms in total. The van der Waals surface area contributed by atoms with Crippen molar-refractivity contribution in [2.75, 3.05) is 45.7 Å². The van der Waals surface area contributed by atoms with Gasteiger partial charge in [0.25, 0.3) is 5.91 Å². The number of likely N-dealkylation sites (N-methyl/N-ethyl adjacent to an activating group) is 1. The maximum Gasteiger partial charge on any atom is 0.275 e. The summed E-state index contributed by atoms with van der Waals surface area (Å²) in [5.74, 6) is 0.818. The van der Waals surface area contributed by atoms with Crippen LogP contribution < -0.4 is 19.9 Å². The first-order valence-corrected chi connectivity index (χ1v) is 9.04. The number of rotatable bonds is 9. The lowest BCUT2D eigenvalue weighted by molar-refractivity contribution is -0.871. The molecule has 0 saturated carbocycles. The van der Waals surface area contributed by atoms with E-state index in [1.165, 1.54) is 0 Å². The quantitative estimate of drug-likeness (QED) is 0.699. The highest BCUT2D eigenvalue weighted by Gasteiger charge is 2.10. The second-order valence-electron chi connectivity index (χ2n) is 6.52. The van der Waals surface area contributed by atoms with E-state index in [9.17, 15) is 4.79 Å². The summed E-state index contributed by atoms with van der Waals surface area (Å²) < 4.78 is 5.66. The van der Waals surface area contributed by atoms with Gasteiger partial charge in [0, 0.05) is 31.4 Å². The van der Waals surface area contributed by atoms with Crippen molar-refractivity contribution in [3.8, 4) is 5.75 Å². The van der Waals surface area contributed by atoms with Crippen molar-refractivity contribution in [2.45, 2.75) is 6.54 Å². The van der Waals surface area contributed by atoms with Gasteiger partial charge in [-0.05, 0) is 42.0 Å². The molecular formula is C20H27ClN3O2+. The Morgan fingerprint density at radius 2 is 1.77 bits per heavy atom. The van der Waals surface area contributed by atoms with Crippen LogP contribution in [-0.2, 0) is 11.3 Å². The molecule has 1 amide bonds. The van der Waals surface area contributed by atoms with E-state index in [1.807, 2.05) is 62.4 Å². The Morgan fingerprint density at radius 1 is 1.12 bits per heavy atom. The second kappa shape index (κ2) is 10.0. The first-order valence-electron chi connectivity index (χ1n) is 8.66. The standard InChI is InChI=1S/C20H26ClN3O2/c1-23(2)18-8-4-16(5-9-18)14-22-20(25)15-24(3)12-13-26-19-10-6-17(21)7-11-19/h4-11H,12-15H2,1-3H3,(H,22,25)/p+1. The molecule has 0 aliphatic rings. The van der Waals surface area contributed by atoms with Crippen LogP contribution in [0.2, 0.25) is 5.02 Å². The van der Waals surface area contributed by atoms with E-state index in [0.29, 0.717) is 24.7 Å². The lowest BCUT2D eigenvalue weighted by Crippen LogP contribution is -3.10. The van der Waals surface area contributed by atoms with E-state index in [2.05, 4.69) is 5.32 Å². The van der Waals surface area contributed by atoms with Crippen LogP contribution in [0.5, 0.6) is 5.75 Å². The first kappa shape index (κ1) is 20.1. The fourth-order valence-electron chi connectivity index (χ4n) is 2.41. The minimum atomic E-state index is 0.0330. The number of ether oxygens (including phenoxy) is 1. The highest BCUT2D eigenvalue weighted by Crippen LogP contribution is 2.15. The number of nitrogens with one attached hydrogen (secondary N) is 2. The molecule has 0 aliphatic heterocycles. The molecule has 26 heavy (non-hydrogen) atoms. The molecule has 2 rings (SSSR count). The van der Waals surface area contributed by atoms with Crippen molar-refractivity contribution in [3.63, 3.8) is 0 Å². The van der Waals surface area contributed by atoms with Gasteiger partial charge in [-0.25, -0.2) is 0 Å². The summed E-state index contributed by atoms with van der Waals surface area (Å²) >= 11 is 5.84. The molecule has 0 radical (unpaired) electrons. The molecule has 0 aromatic heterocycles. The largest absolute Gasteiger partial charge is 0.488 e. The summed E-state index contributed by atoms with van der Waals surface area (Å²) in [6, 6.07) is 15.4. The summed E-state index contributed by atoms with van der Waals surface area (Å²) in [5.41, 5.74) is 2.23.